The maximum atomic E-state index is 5.41. The molecule has 0 aliphatic heterocycles. The van der Waals surface area contributed by atoms with Crippen molar-refractivity contribution < 1.29 is 10.1 Å². The third kappa shape index (κ3) is 3.02. The number of methoxy groups -OCH3 is 1. The Labute approximate surface area is 133 Å². The molecule has 2 nitrogen and oxygen atoms in total. The first-order valence-corrected chi connectivity index (χ1v) is 8.24. The lowest BCUT2D eigenvalue weighted by Crippen LogP contribution is -2.84. The molecule has 0 amide bonds. The molecule has 2 aromatic carbocycles. The zero-order valence-corrected chi connectivity index (χ0v) is 13.9. The van der Waals surface area contributed by atoms with Gasteiger partial charge in [0.2, 0.25) is 0 Å². The van der Waals surface area contributed by atoms with E-state index in [4.69, 9.17) is 4.74 Å². The lowest BCUT2D eigenvalue weighted by Gasteiger charge is -2.24. The van der Waals surface area contributed by atoms with Crippen LogP contribution in [-0.4, -0.2) is 7.11 Å². The van der Waals surface area contributed by atoms with Gasteiger partial charge in [-0.2, -0.15) is 0 Å². The summed E-state index contributed by atoms with van der Waals surface area (Å²) in [4.78, 5) is 0. The van der Waals surface area contributed by atoms with Gasteiger partial charge in [0.15, 0.2) is 0 Å². The van der Waals surface area contributed by atoms with E-state index < -0.39 is 0 Å². The van der Waals surface area contributed by atoms with Crippen LogP contribution in [0.1, 0.15) is 46.7 Å². The van der Waals surface area contributed by atoms with Crippen molar-refractivity contribution in [2.45, 2.75) is 45.7 Å². The first kappa shape index (κ1) is 15.1. The highest BCUT2D eigenvalue weighted by atomic mass is 16.5. The molecule has 116 valence electrons. The van der Waals surface area contributed by atoms with Gasteiger partial charge in [0.05, 0.1) is 7.11 Å². The fourth-order valence-electron chi connectivity index (χ4n) is 3.59. The van der Waals surface area contributed by atoms with Crippen molar-refractivity contribution in [3.8, 4) is 5.75 Å². The Hall–Kier alpha value is -1.80. The van der Waals surface area contributed by atoms with Crippen molar-refractivity contribution in [3.05, 3.63) is 64.2 Å². The van der Waals surface area contributed by atoms with E-state index in [1.807, 2.05) is 0 Å². The third-order valence-electron chi connectivity index (χ3n) is 4.89. The van der Waals surface area contributed by atoms with Gasteiger partial charge in [0.25, 0.3) is 0 Å². The minimum absolute atomic E-state index is 0.603. The molecule has 0 saturated heterocycles. The topological polar surface area (TPSA) is 25.8 Å². The number of aryl methyl sites for hydroxylation is 3. The Morgan fingerprint density at radius 3 is 2.77 bits per heavy atom. The molecule has 0 fully saturated rings. The van der Waals surface area contributed by atoms with E-state index in [9.17, 15) is 0 Å². The Balaban J connectivity index is 1.75. The highest BCUT2D eigenvalue weighted by molar-refractivity contribution is 5.41. The molecular formula is C20H26NO+. The van der Waals surface area contributed by atoms with Gasteiger partial charge in [0, 0.05) is 17.5 Å². The fourth-order valence-corrected chi connectivity index (χ4v) is 3.59. The second-order valence-electron chi connectivity index (χ2n) is 6.39. The van der Waals surface area contributed by atoms with Crippen molar-refractivity contribution in [1.82, 2.24) is 0 Å². The van der Waals surface area contributed by atoms with Crippen molar-refractivity contribution in [3.63, 3.8) is 0 Å². The molecule has 22 heavy (non-hydrogen) atoms. The molecule has 0 unspecified atom stereocenters. The first-order chi connectivity index (χ1) is 10.7. The summed E-state index contributed by atoms with van der Waals surface area (Å²) >= 11 is 0. The normalized spacial score (nSPS) is 17.1. The minimum atomic E-state index is 0.603. The van der Waals surface area contributed by atoms with Crippen molar-refractivity contribution in [2.75, 3.05) is 7.11 Å². The van der Waals surface area contributed by atoms with Crippen molar-refractivity contribution >= 4 is 0 Å². The molecule has 2 aromatic rings. The number of fused-ring (bicyclic) bond motifs is 1. The summed E-state index contributed by atoms with van der Waals surface area (Å²) in [7, 11) is 1.74. The summed E-state index contributed by atoms with van der Waals surface area (Å²) in [5.41, 5.74) is 7.04. The van der Waals surface area contributed by atoms with Gasteiger partial charge in [-0.05, 0) is 55.5 Å². The molecule has 0 radical (unpaired) electrons. The van der Waals surface area contributed by atoms with Crippen LogP contribution in [0.5, 0.6) is 5.75 Å². The maximum Gasteiger partial charge on any atom is 0.122 e. The fraction of sp³-hybridized carbons (Fsp3) is 0.400. The molecule has 1 aliphatic carbocycles. The van der Waals surface area contributed by atoms with Crippen LogP contribution in [-0.2, 0) is 13.0 Å². The molecule has 0 bridgehead atoms. The molecule has 0 aromatic heterocycles. The SMILES string of the molecule is COc1cc(C)c(C[NH2+][C@@H]2CCCc3ccccc32)cc1C. The summed E-state index contributed by atoms with van der Waals surface area (Å²) < 4.78 is 5.41. The molecule has 0 heterocycles. The second kappa shape index (κ2) is 6.53. The summed E-state index contributed by atoms with van der Waals surface area (Å²) in [6.45, 7) is 5.34. The number of quaternary nitrogens is 1. The van der Waals surface area contributed by atoms with E-state index in [0.29, 0.717) is 6.04 Å². The van der Waals surface area contributed by atoms with Gasteiger partial charge in [0.1, 0.15) is 18.3 Å². The van der Waals surface area contributed by atoms with E-state index in [1.165, 1.54) is 47.1 Å². The summed E-state index contributed by atoms with van der Waals surface area (Å²) in [5, 5.41) is 2.51. The number of rotatable bonds is 4. The zero-order valence-electron chi connectivity index (χ0n) is 13.9. The monoisotopic (exact) mass is 296 g/mol. The standard InChI is InChI=1S/C20H25NO/c1-14-12-20(22-3)15(2)11-17(14)13-21-19-10-6-8-16-7-4-5-9-18(16)19/h4-5,7,9,11-12,19,21H,6,8,10,13H2,1-3H3/p+1/t19-/m1/s1. The average molecular weight is 296 g/mol. The number of hydrogen-bond donors (Lipinski definition) is 1. The highest BCUT2D eigenvalue weighted by Gasteiger charge is 2.22. The Kier molecular flexibility index (Phi) is 4.49. The van der Waals surface area contributed by atoms with E-state index in [2.05, 4.69) is 55.6 Å². The van der Waals surface area contributed by atoms with E-state index in [0.717, 1.165) is 12.3 Å². The summed E-state index contributed by atoms with van der Waals surface area (Å²) in [6, 6.07) is 14.0. The van der Waals surface area contributed by atoms with Gasteiger partial charge in [-0.3, -0.25) is 0 Å². The van der Waals surface area contributed by atoms with Gasteiger partial charge in [-0.25, -0.2) is 0 Å². The molecule has 1 aliphatic rings. The van der Waals surface area contributed by atoms with Gasteiger partial charge in [-0.1, -0.05) is 24.3 Å². The second-order valence-corrected chi connectivity index (χ2v) is 6.39. The van der Waals surface area contributed by atoms with Crippen LogP contribution in [0.2, 0.25) is 0 Å². The van der Waals surface area contributed by atoms with Gasteiger partial charge in [-0.15, -0.1) is 0 Å². The van der Waals surface area contributed by atoms with Crippen LogP contribution >= 0.6 is 0 Å². The molecule has 1 atom stereocenters. The predicted octanol–water partition coefficient (Wildman–Crippen LogP) is 3.45. The third-order valence-corrected chi connectivity index (χ3v) is 4.89. The zero-order chi connectivity index (χ0) is 15.5. The van der Waals surface area contributed by atoms with E-state index in [1.54, 1.807) is 7.11 Å². The Morgan fingerprint density at radius 2 is 1.95 bits per heavy atom. The number of hydrogen-bond acceptors (Lipinski definition) is 1. The minimum Gasteiger partial charge on any atom is -0.496 e. The summed E-state index contributed by atoms with van der Waals surface area (Å²) in [6.07, 6.45) is 3.82. The van der Waals surface area contributed by atoms with E-state index >= 15 is 0 Å². The van der Waals surface area contributed by atoms with Crippen molar-refractivity contribution in [2.24, 2.45) is 0 Å². The van der Waals surface area contributed by atoms with Crippen LogP contribution in [0.4, 0.5) is 0 Å². The Bertz CT molecular complexity index is 663. The Morgan fingerprint density at radius 1 is 1.14 bits per heavy atom. The molecule has 0 saturated carbocycles. The lowest BCUT2D eigenvalue weighted by atomic mass is 9.87. The quantitative estimate of drug-likeness (QED) is 0.918. The molecule has 0 spiro atoms. The highest BCUT2D eigenvalue weighted by Crippen LogP contribution is 2.27. The number of ether oxygens (including phenoxy) is 1. The maximum absolute atomic E-state index is 5.41. The summed E-state index contributed by atoms with van der Waals surface area (Å²) in [5.74, 6) is 0.990. The van der Waals surface area contributed by atoms with Crippen LogP contribution < -0.4 is 10.1 Å². The molecule has 2 heteroatoms. The molecular weight excluding hydrogens is 270 g/mol. The predicted molar refractivity (Wildman–Crippen MR) is 90.2 cm³/mol. The average Bonchev–Trinajstić information content (AvgIpc) is 2.55. The largest absolute Gasteiger partial charge is 0.496 e. The van der Waals surface area contributed by atoms with Gasteiger partial charge >= 0.3 is 0 Å². The smallest absolute Gasteiger partial charge is 0.122 e. The van der Waals surface area contributed by atoms with Crippen LogP contribution in [0.3, 0.4) is 0 Å². The molecule has 2 N–H and O–H groups in total. The van der Waals surface area contributed by atoms with Crippen LogP contribution in [0.15, 0.2) is 36.4 Å². The first-order valence-electron chi connectivity index (χ1n) is 8.24. The van der Waals surface area contributed by atoms with Gasteiger partial charge < -0.3 is 10.1 Å². The van der Waals surface area contributed by atoms with Crippen LogP contribution in [0.25, 0.3) is 0 Å². The number of benzene rings is 2. The number of nitrogens with two attached hydrogens (primary N) is 1. The van der Waals surface area contributed by atoms with Crippen molar-refractivity contribution in [1.29, 1.82) is 0 Å². The molecule has 3 rings (SSSR count). The van der Waals surface area contributed by atoms with Crippen LogP contribution in [0, 0.1) is 13.8 Å². The van der Waals surface area contributed by atoms with E-state index in [-0.39, 0.29) is 0 Å². The lowest BCUT2D eigenvalue weighted by molar-refractivity contribution is -0.712.